The molecule has 3 N–H and O–H groups in total. The predicted molar refractivity (Wildman–Crippen MR) is 76.8 cm³/mol. The first-order valence-corrected chi connectivity index (χ1v) is 6.62. The highest BCUT2D eigenvalue weighted by atomic mass is 32.2. The van der Waals surface area contributed by atoms with Crippen molar-refractivity contribution in [2.75, 3.05) is 11.1 Å². The summed E-state index contributed by atoms with van der Waals surface area (Å²) in [6.45, 7) is 1.83. The third-order valence-corrected chi connectivity index (χ3v) is 3.43. The molecule has 1 aromatic heterocycles. The van der Waals surface area contributed by atoms with Crippen LogP contribution >= 0.6 is 11.8 Å². The predicted octanol–water partition coefficient (Wildman–Crippen LogP) is 2.18. The Morgan fingerprint density at radius 2 is 2.26 bits per heavy atom. The number of aromatic nitrogens is 2. The van der Waals surface area contributed by atoms with Gasteiger partial charge < -0.3 is 11.1 Å². The van der Waals surface area contributed by atoms with Crippen LogP contribution in [-0.2, 0) is 4.79 Å². The van der Waals surface area contributed by atoms with Crippen molar-refractivity contribution in [1.82, 2.24) is 9.97 Å². The highest BCUT2D eigenvalue weighted by Gasteiger charge is 2.15. The smallest absolute Gasteiger partial charge is 0.237 e. The molecule has 1 aromatic carbocycles. The normalized spacial score (nSPS) is 11.8. The zero-order valence-corrected chi connectivity index (χ0v) is 11.2. The monoisotopic (exact) mass is 274 g/mol. The van der Waals surface area contributed by atoms with Crippen molar-refractivity contribution in [3.05, 3.63) is 42.9 Å². The third kappa shape index (κ3) is 3.96. The van der Waals surface area contributed by atoms with E-state index in [-0.39, 0.29) is 11.2 Å². The number of nitrogen functional groups attached to an aromatic ring is 1. The van der Waals surface area contributed by atoms with Crippen molar-refractivity contribution in [2.24, 2.45) is 0 Å². The maximum Gasteiger partial charge on any atom is 0.237 e. The molecule has 2 aromatic rings. The number of nitrogens with zero attached hydrogens (tertiary/aromatic N) is 2. The molecule has 0 saturated carbocycles. The van der Waals surface area contributed by atoms with E-state index in [1.165, 1.54) is 18.1 Å². The van der Waals surface area contributed by atoms with Crippen LogP contribution in [0.5, 0.6) is 0 Å². The molecule has 2 rings (SSSR count). The van der Waals surface area contributed by atoms with Gasteiger partial charge in [-0.25, -0.2) is 9.97 Å². The minimum atomic E-state index is -0.253. The van der Waals surface area contributed by atoms with Gasteiger partial charge in [0.05, 0.1) is 5.25 Å². The van der Waals surface area contributed by atoms with Crippen LogP contribution in [0.1, 0.15) is 6.92 Å². The van der Waals surface area contributed by atoms with E-state index in [0.29, 0.717) is 11.4 Å². The number of carbonyl (C=O) groups excluding carboxylic acids is 1. The molecule has 0 aliphatic heterocycles. The number of carbonyl (C=O) groups is 1. The summed E-state index contributed by atoms with van der Waals surface area (Å²) in [6, 6.07) is 8.87. The highest BCUT2D eigenvalue weighted by molar-refractivity contribution is 8.00. The maximum absolute atomic E-state index is 12.0. The molecule has 0 spiro atoms. The standard InChI is InChI=1S/C13H14N4OS/c1-9(19-12-5-6-15-8-16-12)13(18)17-11-4-2-3-10(14)7-11/h2-9H,14H2,1H3,(H,17,18). The Bertz CT molecular complexity index is 562. The number of anilines is 2. The van der Waals surface area contributed by atoms with E-state index in [1.807, 2.05) is 6.92 Å². The van der Waals surface area contributed by atoms with E-state index in [1.54, 1.807) is 36.5 Å². The van der Waals surface area contributed by atoms with Crippen LogP contribution in [0.3, 0.4) is 0 Å². The second-order valence-electron chi connectivity index (χ2n) is 3.92. The first kappa shape index (κ1) is 13.4. The lowest BCUT2D eigenvalue weighted by molar-refractivity contribution is -0.115. The first-order chi connectivity index (χ1) is 9.15. The number of hydrogen-bond acceptors (Lipinski definition) is 5. The molecule has 1 unspecified atom stereocenters. The molecule has 0 fully saturated rings. The Morgan fingerprint density at radius 3 is 2.95 bits per heavy atom. The second kappa shape index (κ2) is 6.19. The fraction of sp³-hybridized carbons (Fsp3) is 0.154. The van der Waals surface area contributed by atoms with Crippen molar-refractivity contribution in [3.8, 4) is 0 Å². The maximum atomic E-state index is 12.0. The quantitative estimate of drug-likeness (QED) is 0.507. The average Bonchev–Trinajstić information content (AvgIpc) is 2.40. The molecule has 1 amide bonds. The Morgan fingerprint density at radius 1 is 1.42 bits per heavy atom. The number of benzene rings is 1. The number of nitrogens with two attached hydrogens (primary N) is 1. The number of thioether (sulfide) groups is 1. The van der Waals surface area contributed by atoms with Crippen molar-refractivity contribution in [1.29, 1.82) is 0 Å². The Hall–Kier alpha value is -2.08. The highest BCUT2D eigenvalue weighted by Crippen LogP contribution is 2.21. The molecular formula is C13H14N4OS. The van der Waals surface area contributed by atoms with Crippen LogP contribution in [0, 0.1) is 0 Å². The second-order valence-corrected chi connectivity index (χ2v) is 5.28. The molecule has 0 aliphatic rings. The molecule has 19 heavy (non-hydrogen) atoms. The minimum Gasteiger partial charge on any atom is -0.399 e. The molecule has 1 atom stereocenters. The number of rotatable bonds is 4. The topological polar surface area (TPSA) is 80.9 Å². The molecule has 6 heteroatoms. The lowest BCUT2D eigenvalue weighted by Gasteiger charge is -2.11. The van der Waals surface area contributed by atoms with Crippen LogP contribution in [0.2, 0.25) is 0 Å². The fourth-order valence-electron chi connectivity index (χ4n) is 1.44. The average molecular weight is 274 g/mol. The summed E-state index contributed by atoms with van der Waals surface area (Å²) < 4.78 is 0. The van der Waals surface area contributed by atoms with Crippen molar-refractivity contribution >= 4 is 29.0 Å². The lowest BCUT2D eigenvalue weighted by Crippen LogP contribution is -2.22. The van der Waals surface area contributed by atoms with E-state index < -0.39 is 0 Å². The molecule has 0 radical (unpaired) electrons. The minimum absolute atomic E-state index is 0.0887. The number of nitrogens with one attached hydrogen (secondary N) is 1. The van der Waals surface area contributed by atoms with Gasteiger partial charge in [0.2, 0.25) is 5.91 Å². The summed E-state index contributed by atoms with van der Waals surface area (Å²) in [5, 5.41) is 3.33. The van der Waals surface area contributed by atoms with Crippen molar-refractivity contribution in [2.45, 2.75) is 17.2 Å². The van der Waals surface area contributed by atoms with E-state index in [2.05, 4.69) is 15.3 Å². The fourth-order valence-corrected chi connectivity index (χ4v) is 2.22. The Balaban J connectivity index is 1.96. The van der Waals surface area contributed by atoms with E-state index >= 15 is 0 Å². The molecule has 0 saturated heterocycles. The van der Waals surface area contributed by atoms with Crippen LogP contribution in [0.4, 0.5) is 11.4 Å². The zero-order chi connectivity index (χ0) is 13.7. The molecular weight excluding hydrogens is 260 g/mol. The molecule has 98 valence electrons. The van der Waals surface area contributed by atoms with Gasteiger partial charge in [0.1, 0.15) is 11.4 Å². The number of amides is 1. The van der Waals surface area contributed by atoms with Crippen molar-refractivity contribution < 1.29 is 4.79 Å². The summed E-state index contributed by atoms with van der Waals surface area (Å²) in [4.78, 5) is 19.9. The van der Waals surface area contributed by atoms with E-state index in [4.69, 9.17) is 5.73 Å². The van der Waals surface area contributed by atoms with Gasteiger partial charge in [0.25, 0.3) is 0 Å². The van der Waals surface area contributed by atoms with Gasteiger partial charge in [-0.15, -0.1) is 0 Å². The van der Waals surface area contributed by atoms with Crippen LogP contribution in [-0.4, -0.2) is 21.1 Å². The molecule has 0 bridgehead atoms. The van der Waals surface area contributed by atoms with E-state index in [0.717, 1.165) is 5.03 Å². The molecule has 0 aliphatic carbocycles. The van der Waals surface area contributed by atoms with Crippen LogP contribution in [0.25, 0.3) is 0 Å². The molecule has 1 heterocycles. The molecule has 5 nitrogen and oxygen atoms in total. The van der Waals surface area contributed by atoms with Gasteiger partial charge in [-0.05, 0) is 31.2 Å². The summed E-state index contributed by atoms with van der Waals surface area (Å²) in [5.41, 5.74) is 6.97. The van der Waals surface area contributed by atoms with Gasteiger partial charge in [0, 0.05) is 17.6 Å². The third-order valence-electron chi connectivity index (χ3n) is 2.38. The summed E-state index contributed by atoms with van der Waals surface area (Å²) in [5.74, 6) is -0.0887. The van der Waals surface area contributed by atoms with Gasteiger partial charge in [-0.3, -0.25) is 4.79 Å². The number of hydrogen-bond donors (Lipinski definition) is 2. The van der Waals surface area contributed by atoms with Gasteiger partial charge in [0.15, 0.2) is 0 Å². The van der Waals surface area contributed by atoms with Gasteiger partial charge in [-0.2, -0.15) is 0 Å². The summed E-state index contributed by atoms with van der Waals surface area (Å²) >= 11 is 1.38. The lowest BCUT2D eigenvalue weighted by atomic mass is 10.3. The first-order valence-electron chi connectivity index (χ1n) is 5.74. The Kier molecular flexibility index (Phi) is 4.35. The summed E-state index contributed by atoms with van der Waals surface area (Å²) in [6.07, 6.45) is 3.11. The van der Waals surface area contributed by atoms with Gasteiger partial charge in [-0.1, -0.05) is 17.8 Å². The summed E-state index contributed by atoms with van der Waals surface area (Å²) in [7, 11) is 0. The zero-order valence-electron chi connectivity index (χ0n) is 10.4. The van der Waals surface area contributed by atoms with Crippen LogP contribution < -0.4 is 11.1 Å². The van der Waals surface area contributed by atoms with E-state index in [9.17, 15) is 4.79 Å². The Labute approximate surface area is 115 Å². The largest absolute Gasteiger partial charge is 0.399 e. The SMILES string of the molecule is CC(Sc1ccncn1)C(=O)Nc1cccc(N)c1. The van der Waals surface area contributed by atoms with Crippen molar-refractivity contribution in [3.63, 3.8) is 0 Å². The van der Waals surface area contributed by atoms with Crippen LogP contribution in [0.15, 0.2) is 47.9 Å². The van der Waals surface area contributed by atoms with Gasteiger partial charge >= 0.3 is 0 Å².